The summed E-state index contributed by atoms with van der Waals surface area (Å²) in [7, 11) is 0. The Labute approximate surface area is 115 Å². The summed E-state index contributed by atoms with van der Waals surface area (Å²) < 4.78 is 0.962. The number of aliphatic carboxylic acids is 1. The van der Waals surface area contributed by atoms with Gasteiger partial charge >= 0.3 is 5.97 Å². The highest BCUT2D eigenvalue weighted by Crippen LogP contribution is 2.30. The van der Waals surface area contributed by atoms with Crippen LogP contribution in [0.15, 0.2) is 28.7 Å². The number of hydrogen-bond acceptors (Lipinski definition) is 2. The Morgan fingerprint density at radius 1 is 1.56 bits per heavy atom. The van der Waals surface area contributed by atoms with Crippen LogP contribution in [-0.2, 0) is 4.79 Å². The Kier molecular flexibility index (Phi) is 4.07. The molecule has 1 atom stereocenters. The molecular weight excluding hydrogens is 294 g/mol. The third kappa shape index (κ3) is 3.13. The average Bonchev–Trinajstić information content (AvgIpc) is 2.73. The van der Waals surface area contributed by atoms with Crippen molar-refractivity contribution in [2.75, 3.05) is 18.0 Å². The highest BCUT2D eigenvalue weighted by molar-refractivity contribution is 9.10. The van der Waals surface area contributed by atoms with E-state index >= 15 is 0 Å². The topological polar surface area (TPSA) is 40.5 Å². The van der Waals surface area contributed by atoms with E-state index in [1.54, 1.807) is 6.08 Å². The molecule has 1 aromatic carbocycles. The molecule has 0 spiro atoms. The molecule has 0 radical (unpaired) electrons. The number of carboxylic acid groups (broad SMARTS) is 1. The largest absolute Gasteiger partial charge is 0.478 e. The monoisotopic (exact) mass is 309 g/mol. The van der Waals surface area contributed by atoms with Crippen molar-refractivity contribution in [3.63, 3.8) is 0 Å². The maximum Gasteiger partial charge on any atom is 0.328 e. The molecule has 1 saturated heterocycles. The van der Waals surface area contributed by atoms with E-state index in [9.17, 15) is 4.79 Å². The average molecular weight is 310 g/mol. The van der Waals surface area contributed by atoms with Gasteiger partial charge in [-0.25, -0.2) is 4.79 Å². The van der Waals surface area contributed by atoms with Crippen LogP contribution in [0.25, 0.3) is 6.08 Å². The standard InChI is InChI=1S/C14H16BrNO2/c1-10-6-7-16(9-10)13-4-3-12(15)8-11(13)2-5-14(17)18/h2-5,8,10H,6-7,9H2,1H3,(H,17,18). The van der Waals surface area contributed by atoms with Crippen molar-refractivity contribution >= 4 is 33.7 Å². The molecule has 3 nitrogen and oxygen atoms in total. The fourth-order valence-electron chi connectivity index (χ4n) is 2.26. The Morgan fingerprint density at radius 3 is 2.94 bits per heavy atom. The van der Waals surface area contributed by atoms with E-state index in [2.05, 4.69) is 27.8 Å². The summed E-state index contributed by atoms with van der Waals surface area (Å²) in [6.07, 6.45) is 4.04. The molecule has 0 aromatic heterocycles. The van der Waals surface area contributed by atoms with Gasteiger partial charge in [-0.1, -0.05) is 22.9 Å². The first-order valence-electron chi connectivity index (χ1n) is 6.02. The summed E-state index contributed by atoms with van der Waals surface area (Å²) in [6.45, 7) is 4.32. The second kappa shape index (κ2) is 5.57. The van der Waals surface area contributed by atoms with Crippen LogP contribution in [0, 0.1) is 5.92 Å². The normalized spacial score (nSPS) is 19.7. The third-order valence-electron chi connectivity index (χ3n) is 3.16. The Hall–Kier alpha value is -1.29. The smallest absolute Gasteiger partial charge is 0.328 e. The second-order valence-corrected chi connectivity index (χ2v) is 5.63. The first kappa shape index (κ1) is 13.1. The van der Waals surface area contributed by atoms with E-state index < -0.39 is 5.97 Å². The van der Waals surface area contributed by atoms with Crippen LogP contribution in [0.3, 0.4) is 0 Å². The lowest BCUT2D eigenvalue weighted by Gasteiger charge is -2.21. The van der Waals surface area contributed by atoms with Gasteiger partial charge in [0.05, 0.1) is 0 Å². The first-order chi connectivity index (χ1) is 8.56. The maximum absolute atomic E-state index is 10.6. The minimum Gasteiger partial charge on any atom is -0.478 e. The molecule has 1 aromatic rings. The molecule has 2 rings (SSSR count). The highest BCUT2D eigenvalue weighted by atomic mass is 79.9. The molecule has 18 heavy (non-hydrogen) atoms. The number of hydrogen-bond donors (Lipinski definition) is 1. The van der Waals surface area contributed by atoms with Crippen molar-refractivity contribution in [1.82, 2.24) is 0 Å². The summed E-state index contributed by atoms with van der Waals surface area (Å²) in [5.74, 6) is -0.222. The number of carbonyl (C=O) groups is 1. The highest BCUT2D eigenvalue weighted by Gasteiger charge is 2.20. The molecule has 96 valence electrons. The van der Waals surface area contributed by atoms with Crippen molar-refractivity contribution in [2.24, 2.45) is 5.92 Å². The summed E-state index contributed by atoms with van der Waals surface area (Å²) in [5, 5.41) is 8.73. The van der Waals surface area contributed by atoms with E-state index in [0.29, 0.717) is 5.92 Å². The molecule has 1 heterocycles. The van der Waals surface area contributed by atoms with Crippen LogP contribution < -0.4 is 4.90 Å². The lowest BCUT2D eigenvalue weighted by molar-refractivity contribution is -0.131. The van der Waals surface area contributed by atoms with Gasteiger partial charge in [0.2, 0.25) is 0 Å². The number of carboxylic acids is 1. The van der Waals surface area contributed by atoms with Crippen molar-refractivity contribution in [3.05, 3.63) is 34.3 Å². The lowest BCUT2D eigenvalue weighted by Crippen LogP contribution is -2.19. The minimum absolute atomic E-state index is 0.699. The molecule has 1 unspecified atom stereocenters. The Bertz CT molecular complexity index is 485. The summed E-state index contributed by atoms with van der Waals surface area (Å²) in [4.78, 5) is 12.9. The van der Waals surface area contributed by atoms with Crippen molar-refractivity contribution < 1.29 is 9.90 Å². The van der Waals surface area contributed by atoms with E-state index in [0.717, 1.165) is 28.8 Å². The van der Waals surface area contributed by atoms with Gasteiger partial charge in [0.25, 0.3) is 0 Å². The van der Waals surface area contributed by atoms with Crippen molar-refractivity contribution in [2.45, 2.75) is 13.3 Å². The number of benzene rings is 1. The van der Waals surface area contributed by atoms with Gasteiger partial charge in [-0.2, -0.15) is 0 Å². The zero-order chi connectivity index (χ0) is 13.1. The van der Waals surface area contributed by atoms with Crippen LogP contribution in [-0.4, -0.2) is 24.2 Å². The molecular formula is C14H16BrNO2. The maximum atomic E-state index is 10.6. The van der Waals surface area contributed by atoms with Crippen LogP contribution in [0.4, 0.5) is 5.69 Å². The Balaban J connectivity index is 2.31. The van der Waals surface area contributed by atoms with Crippen molar-refractivity contribution in [1.29, 1.82) is 0 Å². The number of halogens is 1. The molecule has 0 saturated carbocycles. The third-order valence-corrected chi connectivity index (χ3v) is 3.65. The van der Waals surface area contributed by atoms with E-state index in [1.807, 2.05) is 18.2 Å². The van der Waals surface area contributed by atoms with Crippen LogP contribution in [0.5, 0.6) is 0 Å². The molecule has 1 aliphatic heterocycles. The minimum atomic E-state index is -0.921. The fraction of sp³-hybridized carbons (Fsp3) is 0.357. The molecule has 0 bridgehead atoms. The van der Waals surface area contributed by atoms with Crippen LogP contribution >= 0.6 is 15.9 Å². The van der Waals surface area contributed by atoms with Gasteiger partial charge in [0.15, 0.2) is 0 Å². The molecule has 0 aliphatic carbocycles. The van der Waals surface area contributed by atoms with Gasteiger partial charge in [0, 0.05) is 29.3 Å². The van der Waals surface area contributed by atoms with E-state index in [-0.39, 0.29) is 0 Å². The summed E-state index contributed by atoms with van der Waals surface area (Å²) in [6, 6.07) is 6.00. The van der Waals surface area contributed by atoms with Gasteiger partial charge in [-0.3, -0.25) is 0 Å². The van der Waals surface area contributed by atoms with E-state index in [4.69, 9.17) is 5.11 Å². The predicted molar refractivity (Wildman–Crippen MR) is 76.8 cm³/mol. The van der Waals surface area contributed by atoms with Crippen LogP contribution in [0.2, 0.25) is 0 Å². The molecule has 1 fully saturated rings. The van der Waals surface area contributed by atoms with Crippen molar-refractivity contribution in [3.8, 4) is 0 Å². The molecule has 1 N–H and O–H groups in total. The first-order valence-corrected chi connectivity index (χ1v) is 6.81. The van der Waals surface area contributed by atoms with Gasteiger partial charge < -0.3 is 10.0 Å². The number of rotatable bonds is 3. The molecule has 4 heteroatoms. The van der Waals surface area contributed by atoms with Gasteiger partial charge in [0.1, 0.15) is 0 Å². The summed E-state index contributed by atoms with van der Waals surface area (Å²) >= 11 is 3.42. The summed E-state index contributed by atoms with van der Waals surface area (Å²) in [5.41, 5.74) is 2.06. The zero-order valence-corrected chi connectivity index (χ0v) is 11.9. The molecule has 0 amide bonds. The van der Waals surface area contributed by atoms with Crippen LogP contribution in [0.1, 0.15) is 18.9 Å². The zero-order valence-electron chi connectivity index (χ0n) is 10.3. The lowest BCUT2D eigenvalue weighted by atomic mass is 10.1. The quantitative estimate of drug-likeness (QED) is 0.870. The Morgan fingerprint density at radius 2 is 2.33 bits per heavy atom. The number of anilines is 1. The SMILES string of the molecule is CC1CCN(c2ccc(Br)cc2C=CC(=O)O)C1. The predicted octanol–water partition coefficient (Wildman–Crippen LogP) is 3.39. The van der Waals surface area contributed by atoms with Gasteiger partial charge in [-0.15, -0.1) is 0 Å². The second-order valence-electron chi connectivity index (χ2n) is 4.71. The van der Waals surface area contributed by atoms with E-state index in [1.165, 1.54) is 12.5 Å². The molecule has 1 aliphatic rings. The number of nitrogens with zero attached hydrogens (tertiary/aromatic N) is 1. The van der Waals surface area contributed by atoms with Gasteiger partial charge in [-0.05, 0) is 42.2 Å². The fourth-order valence-corrected chi connectivity index (χ4v) is 2.64.